The highest BCUT2D eigenvalue weighted by Gasteiger charge is 2.27. The summed E-state index contributed by atoms with van der Waals surface area (Å²) in [5, 5.41) is 4.56. The predicted octanol–water partition coefficient (Wildman–Crippen LogP) is 6.47. The predicted molar refractivity (Wildman–Crippen MR) is 160 cm³/mol. The number of hydrogen-bond donors (Lipinski definition) is 2. The molecule has 3 heterocycles. The topological polar surface area (TPSA) is 106 Å². The minimum Gasteiger partial charge on any atom is -0.496 e. The molecule has 0 bridgehead atoms. The van der Waals surface area contributed by atoms with Crippen molar-refractivity contribution in [2.24, 2.45) is 0 Å². The zero-order valence-electron chi connectivity index (χ0n) is 24.1. The molecule has 0 saturated carbocycles. The number of carbonyl (C=O) groups excluding carboxylic acids is 1. The van der Waals surface area contributed by atoms with Crippen LogP contribution in [0.1, 0.15) is 45.1 Å². The fraction of sp³-hybridized carbons (Fsp3) is 0.344. The van der Waals surface area contributed by atoms with E-state index >= 15 is 0 Å². The van der Waals surface area contributed by atoms with Gasteiger partial charge < -0.3 is 29.4 Å². The van der Waals surface area contributed by atoms with Crippen LogP contribution in [-0.4, -0.2) is 53.9 Å². The van der Waals surface area contributed by atoms with Gasteiger partial charge in [0.15, 0.2) is 0 Å². The van der Waals surface area contributed by atoms with Crippen LogP contribution in [0.3, 0.4) is 0 Å². The SMILES string of the molecule is COc1cccc(OC)c1-c1cc2cc[nH]c(=O)c2c(Nc2ccc(C3CCN(C(=O)OC(C)(C)C)CC3)cc2)n1. The number of aromatic amines is 1. The lowest BCUT2D eigenvalue weighted by atomic mass is 9.89. The number of piperidine rings is 1. The molecule has 9 nitrogen and oxygen atoms in total. The van der Waals surface area contributed by atoms with E-state index in [0.29, 0.717) is 53.0 Å². The minimum atomic E-state index is -0.499. The number of anilines is 2. The number of fused-ring (bicyclic) bond motifs is 1. The van der Waals surface area contributed by atoms with Crippen molar-refractivity contribution in [3.8, 4) is 22.8 Å². The molecule has 41 heavy (non-hydrogen) atoms. The summed E-state index contributed by atoms with van der Waals surface area (Å²) in [6.45, 7) is 6.98. The van der Waals surface area contributed by atoms with E-state index < -0.39 is 5.60 Å². The van der Waals surface area contributed by atoms with E-state index in [1.807, 2.05) is 63.2 Å². The molecule has 0 atom stereocenters. The van der Waals surface area contributed by atoms with Gasteiger partial charge >= 0.3 is 6.09 Å². The first-order valence-corrected chi connectivity index (χ1v) is 13.8. The van der Waals surface area contributed by atoms with Crippen LogP contribution in [0, 0.1) is 0 Å². The molecule has 5 rings (SSSR count). The van der Waals surface area contributed by atoms with Crippen LogP contribution >= 0.6 is 0 Å². The Labute approximate surface area is 239 Å². The molecule has 0 radical (unpaired) electrons. The molecule has 1 aliphatic rings. The molecule has 1 aliphatic heterocycles. The van der Waals surface area contributed by atoms with Gasteiger partial charge in [0.1, 0.15) is 22.9 Å². The molecule has 0 spiro atoms. The van der Waals surface area contributed by atoms with Crippen molar-refractivity contribution in [2.75, 3.05) is 32.6 Å². The van der Waals surface area contributed by atoms with E-state index in [1.165, 1.54) is 5.56 Å². The number of nitrogens with one attached hydrogen (secondary N) is 2. The highest BCUT2D eigenvalue weighted by molar-refractivity contribution is 5.96. The molecule has 0 unspecified atom stereocenters. The number of rotatable bonds is 6. The molecule has 214 valence electrons. The average Bonchev–Trinajstić information content (AvgIpc) is 2.96. The van der Waals surface area contributed by atoms with Crippen LogP contribution in [0.5, 0.6) is 11.5 Å². The molecular weight excluding hydrogens is 520 g/mol. The fourth-order valence-electron chi connectivity index (χ4n) is 5.23. The number of carbonyl (C=O) groups is 1. The lowest BCUT2D eigenvalue weighted by Gasteiger charge is -2.33. The van der Waals surface area contributed by atoms with Crippen molar-refractivity contribution in [2.45, 2.75) is 45.1 Å². The van der Waals surface area contributed by atoms with Crippen LogP contribution in [0.25, 0.3) is 22.0 Å². The third-order valence-corrected chi connectivity index (χ3v) is 7.23. The molecule has 2 N–H and O–H groups in total. The highest BCUT2D eigenvalue weighted by atomic mass is 16.6. The van der Waals surface area contributed by atoms with Crippen LogP contribution in [0.4, 0.5) is 16.3 Å². The van der Waals surface area contributed by atoms with Crippen molar-refractivity contribution < 1.29 is 19.0 Å². The van der Waals surface area contributed by atoms with Crippen LogP contribution in [0.15, 0.2) is 65.6 Å². The summed E-state index contributed by atoms with van der Waals surface area (Å²) >= 11 is 0. The zero-order valence-corrected chi connectivity index (χ0v) is 24.1. The summed E-state index contributed by atoms with van der Waals surface area (Å²) in [4.78, 5) is 34.7. The van der Waals surface area contributed by atoms with Crippen molar-refractivity contribution in [1.29, 1.82) is 0 Å². The third-order valence-electron chi connectivity index (χ3n) is 7.23. The number of methoxy groups -OCH3 is 2. The van der Waals surface area contributed by atoms with Gasteiger partial charge in [0.25, 0.3) is 5.56 Å². The van der Waals surface area contributed by atoms with Crippen molar-refractivity contribution in [3.05, 3.63) is 76.7 Å². The van der Waals surface area contributed by atoms with E-state index in [9.17, 15) is 9.59 Å². The Balaban J connectivity index is 1.39. The molecular formula is C32H36N4O5. The Bertz CT molecular complexity index is 1580. The Morgan fingerprint density at radius 3 is 2.27 bits per heavy atom. The smallest absolute Gasteiger partial charge is 0.410 e. The maximum Gasteiger partial charge on any atom is 0.410 e. The van der Waals surface area contributed by atoms with E-state index in [4.69, 9.17) is 19.2 Å². The second-order valence-corrected chi connectivity index (χ2v) is 11.2. The number of amides is 1. The first kappa shape index (κ1) is 28.0. The maximum atomic E-state index is 12.9. The second kappa shape index (κ2) is 11.5. The quantitative estimate of drug-likeness (QED) is 0.281. The molecule has 2 aromatic heterocycles. The molecule has 2 aromatic carbocycles. The van der Waals surface area contributed by atoms with E-state index in [1.54, 1.807) is 25.3 Å². The van der Waals surface area contributed by atoms with Crippen LogP contribution in [-0.2, 0) is 4.74 Å². The number of H-pyrrole nitrogens is 1. The third kappa shape index (κ3) is 6.14. The first-order valence-electron chi connectivity index (χ1n) is 13.8. The number of hydrogen-bond acceptors (Lipinski definition) is 7. The second-order valence-electron chi connectivity index (χ2n) is 11.2. The van der Waals surface area contributed by atoms with Gasteiger partial charge in [-0.3, -0.25) is 4.79 Å². The maximum absolute atomic E-state index is 12.9. The standard InChI is InChI=1S/C32H36N4O5/c1-32(2,3)41-31(38)36-17-14-21(15-18-36)20-9-11-23(12-10-20)34-29-27-22(13-16-33-30(27)37)19-24(35-29)28-25(39-4)7-6-8-26(28)40-5/h6-13,16,19,21H,14-15,17-18H2,1-5H3,(H,33,37)(H,34,35). The lowest BCUT2D eigenvalue weighted by molar-refractivity contribution is 0.0205. The lowest BCUT2D eigenvalue weighted by Crippen LogP contribution is -2.41. The summed E-state index contributed by atoms with van der Waals surface area (Å²) in [5.41, 5.74) is 2.61. The Morgan fingerprint density at radius 2 is 1.66 bits per heavy atom. The van der Waals surface area contributed by atoms with E-state index in [2.05, 4.69) is 22.4 Å². The average molecular weight is 557 g/mol. The van der Waals surface area contributed by atoms with Crippen molar-refractivity contribution >= 4 is 28.4 Å². The van der Waals surface area contributed by atoms with Gasteiger partial charge in [-0.25, -0.2) is 9.78 Å². The Morgan fingerprint density at radius 1 is 1.00 bits per heavy atom. The van der Waals surface area contributed by atoms with Gasteiger partial charge in [0.05, 0.1) is 30.9 Å². The number of ether oxygens (including phenoxy) is 3. The number of aromatic nitrogens is 2. The number of likely N-dealkylation sites (tertiary alicyclic amines) is 1. The zero-order chi connectivity index (χ0) is 29.1. The van der Waals surface area contributed by atoms with Crippen LogP contribution in [0.2, 0.25) is 0 Å². The summed E-state index contributed by atoms with van der Waals surface area (Å²) < 4.78 is 16.7. The Kier molecular flexibility index (Phi) is 7.88. The summed E-state index contributed by atoms with van der Waals surface area (Å²) in [7, 11) is 3.21. The van der Waals surface area contributed by atoms with Crippen LogP contribution < -0.4 is 20.3 Å². The molecule has 0 aliphatic carbocycles. The summed E-state index contributed by atoms with van der Waals surface area (Å²) in [5.74, 6) is 2.03. The fourth-order valence-corrected chi connectivity index (χ4v) is 5.23. The molecule has 1 fully saturated rings. The number of nitrogens with zero attached hydrogens (tertiary/aromatic N) is 2. The highest BCUT2D eigenvalue weighted by Crippen LogP contribution is 2.39. The van der Waals surface area contributed by atoms with Gasteiger partial charge in [-0.2, -0.15) is 0 Å². The first-order chi connectivity index (χ1) is 19.7. The molecule has 4 aromatic rings. The van der Waals surface area contributed by atoms with Gasteiger partial charge in [-0.05, 0) is 86.9 Å². The van der Waals surface area contributed by atoms with Gasteiger partial charge in [0.2, 0.25) is 0 Å². The number of benzene rings is 2. The summed E-state index contributed by atoms with van der Waals surface area (Å²) in [6, 6.07) is 17.5. The molecule has 1 amide bonds. The Hall–Kier alpha value is -4.53. The largest absolute Gasteiger partial charge is 0.496 e. The minimum absolute atomic E-state index is 0.232. The number of pyridine rings is 2. The molecule has 9 heteroatoms. The van der Waals surface area contributed by atoms with Gasteiger partial charge in [-0.15, -0.1) is 0 Å². The van der Waals surface area contributed by atoms with E-state index in [0.717, 1.165) is 23.9 Å². The van der Waals surface area contributed by atoms with E-state index in [-0.39, 0.29) is 11.7 Å². The van der Waals surface area contributed by atoms with Crippen molar-refractivity contribution in [1.82, 2.24) is 14.9 Å². The van der Waals surface area contributed by atoms with Gasteiger partial charge in [-0.1, -0.05) is 18.2 Å². The molecule has 1 saturated heterocycles. The summed E-state index contributed by atoms with van der Waals surface area (Å²) in [6.07, 6.45) is 3.12. The van der Waals surface area contributed by atoms with Crippen molar-refractivity contribution in [3.63, 3.8) is 0 Å². The normalized spacial score (nSPS) is 14.1. The monoisotopic (exact) mass is 556 g/mol. The van der Waals surface area contributed by atoms with Gasteiger partial charge in [0, 0.05) is 25.0 Å².